The Morgan fingerprint density at radius 3 is 2.88 bits per heavy atom. The molecule has 3 rings (SSSR count). The van der Waals surface area contributed by atoms with Crippen LogP contribution in [0, 0.1) is 11.3 Å². The predicted molar refractivity (Wildman–Crippen MR) is 106 cm³/mol. The summed E-state index contributed by atoms with van der Waals surface area (Å²) < 4.78 is 0. The third-order valence-corrected chi connectivity index (χ3v) is 4.59. The van der Waals surface area contributed by atoms with E-state index >= 15 is 0 Å². The van der Waals surface area contributed by atoms with Gasteiger partial charge in [0.15, 0.2) is 0 Å². The van der Waals surface area contributed by atoms with E-state index in [0.717, 1.165) is 5.70 Å². The van der Waals surface area contributed by atoms with E-state index < -0.39 is 0 Å². The molecular weight excluding hydrogens is 332 g/mol. The third kappa shape index (κ3) is 3.08. The maximum absolute atomic E-state index is 12.8. The first kappa shape index (κ1) is 17.7. The third-order valence-electron chi connectivity index (χ3n) is 4.59. The number of nitrogens with one attached hydrogen (secondary N) is 4. The number of carbonyl (C=O) groups is 1. The van der Waals surface area contributed by atoms with Crippen molar-refractivity contribution in [3.63, 3.8) is 0 Å². The van der Waals surface area contributed by atoms with Gasteiger partial charge in [0.25, 0.3) is 5.91 Å². The van der Waals surface area contributed by atoms with Crippen LogP contribution in [-0.2, 0) is 4.79 Å². The Hall–Kier alpha value is -3.07. The fourth-order valence-corrected chi connectivity index (χ4v) is 2.86. The Bertz CT molecular complexity index is 836. The number of allylic oxidation sites excluding steroid dienone is 1. The van der Waals surface area contributed by atoms with Crippen LogP contribution in [0.2, 0.25) is 0 Å². The lowest BCUT2D eigenvalue weighted by Gasteiger charge is -2.33. The highest BCUT2D eigenvalue weighted by molar-refractivity contribution is 6.08. The number of benzene rings is 1. The molecule has 1 aromatic rings. The number of amides is 1. The molecule has 0 fully saturated rings. The van der Waals surface area contributed by atoms with E-state index in [2.05, 4.69) is 21.5 Å². The number of rotatable bonds is 4. The molecule has 2 aliphatic heterocycles. The number of hydrogen-bond acceptors (Lipinski definition) is 8. The van der Waals surface area contributed by atoms with Crippen LogP contribution >= 0.6 is 0 Å². The summed E-state index contributed by atoms with van der Waals surface area (Å²) in [7, 11) is 1.85. The Morgan fingerprint density at radius 1 is 1.46 bits per heavy atom. The van der Waals surface area contributed by atoms with Crippen molar-refractivity contribution < 1.29 is 7.65 Å². The van der Waals surface area contributed by atoms with Gasteiger partial charge in [0.1, 0.15) is 0 Å². The average Bonchev–Trinajstić information content (AvgIpc) is 3.07. The minimum absolute atomic E-state index is 0. The summed E-state index contributed by atoms with van der Waals surface area (Å²) in [6, 6.07) is 5.21. The van der Waals surface area contributed by atoms with Gasteiger partial charge in [-0.1, -0.05) is 13.8 Å². The first-order valence-corrected chi connectivity index (χ1v) is 8.38. The topological polar surface area (TPSA) is 122 Å². The van der Waals surface area contributed by atoms with Crippen LogP contribution in [0.1, 0.15) is 29.2 Å². The summed E-state index contributed by atoms with van der Waals surface area (Å²) in [5, 5.41) is 17.0. The van der Waals surface area contributed by atoms with E-state index in [1.807, 2.05) is 32.7 Å². The van der Waals surface area contributed by atoms with Crippen molar-refractivity contribution in [1.82, 2.24) is 21.0 Å². The fourth-order valence-electron chi connectivity index (χ4n) is 2.86. The van der Waals surface area contributed by atoms with Gasteiger partial charge in [0.2, 0.25) is 5.96 Å². The number of fused-ring (bicyclic) bond motifs is 1. The number of nitrogens with two attached hydrogens (primary N) is 1. The van der Waals surface area contributed by atoms with Crippen molar-refractivity contribution >= 4 is 29.0 Å². The van der Waals surface area contributed by atoms with E-state index in [1.165, 1.54) is 0 Å². The van der Waals surface area contributed by atoms with Gasteiger partial charge in [-0.15, -0.1) is 10.6 Å². The highest BCUT2D eigenvalue weighted by Crippen LogP contribution is 2.24. The van der Waals surface area contributed by atoms with Crippen LogP contribution in [0.15, 0.2) is 34.6 Å². The van der Waals surface area contributed by atoms with Crippen molar-refractivity contribution in [2.45, 2.75) is 20.8 Å². The Morgan fingerprint density at radius 2 is 2.19 bits per heavy atom. The number of hydrazine groups is 2. The monoisotopic (exact) mass is 360 g/mol. The Labute approximate surface area is 155 Å². The van der Waals surface area contributed by atoms with Crippen molar-refractivity contribution in [2.24, 2.45) is 11.0 Å². The molecule has 26 heavy (non-hydrogen) atoms. The smallest absolute Gasteiger partial charge is 0.255 e. The molecule has 6 N–H and O–H groups in total. The van der Waals surface area contributed by atoms with Crippen LogP contribution in [0.5, 0.6) is 0 Å². The summed E-state index contributed by atoms with van der Waals surface area (Å²) in [4.78, 5) is 14.7. The number of hydrazone groups is 1. The molecule has 9 nitrogen and oxygen atoms in total. The molecule has 0 spiro atoms. The number of anilines is 2. The molecule has 0 bridgehead atoms. The molecule has 2 aliphatic rings. The fraction of sp³-hybridized carbons (Fsp3) is 0.353. The number of nitrogen functional groups attached to an aromatic ring is 1. The first-order chi connectivity index (χ1) is 12.3. The summed E-state index contributed by atoms with van der Waals surface area (Å²) in [5.41, 5.74) is 15.2. The largest absolute Gasteiger partial charge is 0.398 e. The summed E-state index contributed by atoms with van der Waals surface area (Å²) in [6.45, 7) is 6.15. The first-order valence-electron chi connectivity index (χ1n) is 8.38. The van der Waals surface area contributed by atoms with Crippen LogP contribution in [0.3, 0.4) is 0 Å². The lowest BCUT2D eigenvalue weighted by atomic mass is 9.98. The van der Waals surface area contributed by atoms with E-state index in [1.54, 1.807) is 23.2 Å². The van der Waals surface area contributed by atoms with Gasteiger partial charge in [-0.25, -0.2) is 5.53 Å². The van der Waals surface area contributed by atoms with Crippen molar-refractivity contribution in [1.29, 1.82) is 5.41 Å². The summed E-state index contributed by atoms with van der Waals surface area (Å²) >= 11 is 0. The highest BCUT2D eigenvalue weighted by atomic mass is 16.1. The van der Waals surface area contributed by atoms with Gasteiger partial charge >= 0.3 is 0 Å². The van der Waals surface area contributed by atoms with Gasteiger partial charge in [-0.05, 0) is 31.0 Å². The van der Waals surface area contributed by atoms with Crippen LogP contribution in [0.4, 0.5) is 11.4 Å². The molecular formula is C17H28N8O. The minimum atomic E-state index is -0.200. The normalized spacial score (nSPS) is 16.4. The second kappa shape index (κ2) is 6.68. The average molecular weight is 360 g/mol. The Balaban J connectivity index is 0.00000196. The van der Waals surface area contributed by atoms with Crippen molar-refractivity contribution in [3.05, 3.63) is 35.0 Å². The van der Waals surface area contributed by atoms with E-state index in [0.29, 0.717) is 40.7 Å². The maximum atomic E-state index is 12.8. The Kier molecular flexibility index (Phi) is 4.56. The molecule has 2 heterocycles. The second-order valence-corrected chi connectivity index (χ2v) is 6.67. The molecule has 1 amide bonds. The van der Waals surface area contributed by atoms with Gasteiger partial charge in [0, 0.05) is 38.2 Å². The molecule has 0 saturated carbocycles. The minimum Gasteiger partial charge on any atom is -0.398 e. The maximum Gasteiger partial charge on any atom is 0.255 e. The zero-order valence-electron chi connectivity index (χ0n) is 15.3. The van der Waals surface area contributed by atoms with Crippen LogP contribution in [0.25, 0.3) is 0 Å². The molecule has 0 aliphatic carbocycles. The van der Waals surface area contributed by atoms with Gasteiger partial charge in [0.05, 0.1) is 12.1 Å². The quantitative estimate of drug-likeness (QED) is 0.410. The van der Waals surface area contributed by atoms with E-state index in [4.69, 9.17) is 11.1 Å². The molecule has 0 saturated heterocycles. The van der Waals surface area contributed by atoms with Crippen LogP contribution < -0.4 is 22.1 Å². The zero-order valence-corrected chi connectivity index (χ0v) is 15.3. The van der Waals surface area contributed by atoms with Crippen molar-refractivity contribution in [2.75, 3.05) is 24.6 Å². The SMILES string of the molecule is CC1=C(C(=O)Nc2ccc(N)c(C(=N)C(C)C)c2)CN2NNN=C2N1C.[HH].[HH]. The van der Waals surface area contributed by atoms with E-state index in [-0.39, 0.29) is 14.7 Å². The lowest BCUT2D eigenvalue weighted by molar-refractivity contribution is -0.113. The standard InChI is InChI=1S/C17H24N8O.2H2/c1-9(2)15(19)12-7-11(5-6-14(12)18)20-16(26)13-8-25-17(21-22-23-25)24(4)10(13)3;;/h5-7,9,19,22-23H,8,18H2,1-4H3,(H,20,26);2*1H. The molecule has 9 heteroatoms. The van der Waals surface area contributed by atoms with Crippen molar-refractivity contribution in [3.8, 4) is 0 Å². The lowest BCUT2D eigenvalue weighted by Crippen LogP contribution is -2.52. The summed E-state index contributed by atoms with van der Waals surface area (Å²) in [5.74, 6) is 0.555. The van der Waals surface area contributed by atoms with E-state index in [9.17, 15) is 4.79 Å². The predicted octanol–water partition coefficient (Wildman–Crippen LogP) is 1.54. The molecule has 0 unspecified atom stereocenters. The molecule has 142 valence electrons. The highest BCUT2D eigenvalue weighted by Gasteiger charge is 2.32. The second-order valence-electron chi connectivity index (χ2n) is 6.67. The number of guanidine groups is 1. The molecule has 0 atom stereocenters. The van der Waals surface area contributed by atoms with Gasteiger partial charge in [-0.2, -0.15) is 0 Å². The molecule has 0 radical (unpaired) electrons. The molecule has 0 aromatic heterocycles. The van der Waals surface area contributed by atoms with Gasteiger partial charge in [-0.3, -0.25) is 9.80 Å². The van der Waals surface area contributed by atoms with Gasteiger partial charge < -0.3 is 21.4 Å². The summed E-state index contributed by atoms with van der Waals surface area (Å²) in [6.07, 6.45) is 0. The molecule has 1 aromatic carbocycles. The zero-order chi connectivity index (χ0) is 19.0. The van der Waals surface area contributed by atoms with Crippen LogP contribution in [-0.4, -0.2) is 41.1 Å². The number of hydrogen-bond donors (Lipinski definition) is 5. The number of carbonyl (C=O) groups excluding carboxylic acids is 1. The number of nitrogens with zero attached hydrogens (tertiary/aromatic N) is 3.